The molecular formula is C19H21BN2O. The Morgan fingerprint density at radius 2 is 2.00 bits per heavy atom. The van der Waals surface area contributed by atoms with E-state index in [1.54, 1.807) is 0 Å². The second-order valence-electron chi connectivity index (χ2n) is 6.57. The lowest BCUT2D eigenvalue weighted by Crippen LogP contribution is -2.33. The van der Waals surface area contributed by atoms with Crippen molar-refractivity contribution >= 4 is 34.5 Å². The van der Waals surface area contributed by atoms with E-state index in [1.807, 2.05) is 0 Å². The Labute approximate surface area is 137 Å². The third-order valence-electron chi connectivity index (χ3n) is 5.11. The molecule has 0 unspecified atom stereocenters. The van der Waals surface area contributed by atoms with Crippen LogP contribution in [0.25, 0.3) is 22.1 Å². The fourth-order valence-corrected chi connectivity index (χ4v) is 3.42. The average Bonchev–Trinajstić information content (AvgIpc) is 3.08. The van der Waals surface area contributed by atoms with Gasteiger partial charge in [0.25, 0.3) is 0 Å². The van der Waals surface area contributed by atoms with Gasteiger partial charge in [0.15, 0.2) is 12.3 Å². The highest BCUT2D eigenvalue weighted by Crippen LogP contribution is 2.39. The topological polar surface area (TPSA) is 29.3 Å². The van der Waals surface area contributed by atoms with Crippen molar-refractivity contribution in [2.75, 3.05) is 4.90 Å². The zero-order valence-corrected chi connectivity index (χ0v) is 14.1. The monoisotopic (exact) mass is 304 g/mol. The predicted octanol–water partition coefficient (Wildman–Crippen LogP) is 4.78. The third kappa shape index (κ3) is 2.08. The highest BCUT2D eigenvalue weighted by molar-refractivity contribution is 6.66. The molecule has 1 aliphatic rings. The van der Waals surface area contributed by atoms with Gasteiger partial charge in [-0.2, -0.15) is 0 Å². The van der Waals surface area contributed by atoms with Gasteiger partial charge in [-0.1, -0.05) is 38.8 Å². The van der Waals surface area contributed by atoms with Crippen molar-refractivity contribution in [3.05, 3.63) is 47.7 Å². The van der Waals surface area contributed by atoms with Gasteiger partial charge in [0.2, 0.25) is 5.71 Å². The highest BCUT2D eigenvalue weighted by Gasteiger charge is 2.28. The minimum absolute atomic E-state index is 0.437. The van der Waals surface area contributed by atoms with Gasteiger partial charge in [0, 0.05) is 22.4 Å². The van der Waals surface area contributed by atoms with Crippen molar-refractivity contribution in [2.45, 2.75) is 40.0 Å². The lowest BCUT2D eigenvalue weighted by atomic mass is 9.48. The first-order chi connectivity index (χ1) is 11.1. The van der Waals surface area contributed by atoms with Gasteiger partial charge in [-0.05, 0) is 37.2 Å². The maximum absolute atomic E-state index is 6.22. The van der Waals surface area contributed by atoms with Gasteiger partial charge >= 0.3 is 0 Å². The molecule has 2 aromatic heterocycles. The van der Waals surface area contributed by atoms with E-state index in [0.717, 1.165) is 34.2 Å². The minimum Gasteiger partial charge on any atom is -0.435 e. The summed E-state index contributed by atoms with van der Waals surface area (Å²) in [6.07, 6.45) is 3.11. The minimum atomic E-state index is 0.437. The van der Waals surface area contributed by atoms with Crippen LogP contribution in [0.5, 0.6) is 0 Å². The quantitative estimate of drug-likeness (QED) is 0.638. The van der Waals surface area contributed by atoms with Crippen LogP contribution in [0, 0.1) is 6.92 Å². The second kappa shape index (κ2) is 5.15. The van der Waals surface area contributed by atoms with Crippen molar-refractivity contribution < 1.29 is 4.42 Å². The van der Waals surface area contributed by atoms with Crippen LogP contribution in [-0.4, -0.2) is 17.6 Å². The number of furan rings is 1. The fraction of sp³-hybridized carbons (Fsp3) is 0.316. The molecular weight excluding hydrogens is 283 g/mol. The lowest BCUT2D eigenvalue weighted by Gasteiger charge is -2.26. The van der Waals surface area contributed by atoms with Gasteiger partial charge < -0.3 is 9.32 Å². The molecule has 1 atom stereocenters. The van der Waals surface area contributed by atoms with Gasteiger partial charge in [0.05, 0.1) is 5.69 Å². The van der Waals surface area contributed by atoms with Crippen LogP contribution in [0.2, 0.25) is 6.82 Å². The van der Waals surface area contributed by atoms with Crippen molar-refractivity contribution in [1.29, 1.82) is 0 Å². The molecule has 4 heteroatoms. The van der Waals surface area contributed by atoms with Crippen LogP contribution in [0.1, 0.15) is 25.1 Å². The summed E-state index contributed by atoms with van der Waals surface area (Å²) in [7, 11) is 0. The van der Waals surface area contributed by atoms with Gasteiger partial charge in [0.1, 0.15) is 0 Å². The van der Waals surface area contributed by atoms with E-state index in [-0.39, 0.29) is 0 Å². The molecule has 0 fully saturated rings. The van der Waals surface area contributed by atoms with E-state index in [0.29, 0.717) is 12.7 Å². The summed E-state index contributed by atoms with van der Waals surface area (Å²) >= 11 is 0. The highest BCUT2D eigenvalue weighted by atomic mass is 16.3. The van der Waals surface area contributed by atoms with Crippen LogP contribution in [0.4, 0.5) is 5.69 Å². The lowest BCUT2D eigenvalue weighted by molar-refractivity contribution is 0.649. The molecule has 0 bridgehead atoms. The van der Waals surface area contributed by atoms with E-state index >= 15 is 0 Å². The summed E-state index contributed by atoms with van der Waals surface area (Å²) in [5.41, 5.74) is 5.17. The summed E-state index contributed by atoms with van der Waals surface area (Å²) in [5.74, 6) is 2.70. The van der Waals surface area contributed by atoms with Crippen molar-refractivity contribution in [3.63, 3.8) is 0 Å². The fourth-order valence-electron chi connectivity index (χ4n) is 3.42. The molecule has 4 rings (SSSR count). The first-order valence-electron chi connectivity index (χ1n) is 8.38. The van der Waals surface area contributed by atoms with Crippen LogP contribution < -0.4 is 4.90 Å². The van der Waals surface area contributed by atoms with Crippen LogP contribution in [-0.2, 0) is 6.42 Å². The number of hydrogen-bond donors (Lipinski definition) is 0. The van der Waals surface area contributed by atoms with Gasteiger partial charge in [-0.15, -0.1) is 0 Å². The maximum atomic E-state index is 6.22. The number of pyridine rings is 1. The predicted molar refractivity (Wildman–Crippen MR) is 98.3 cm³/mol. The van der Waals surface area contributed by atoms with Crippen LogP contribution in [0.15, 0.2) is 40.9 Å². The molecule has 0 saturated carbocycles. The Hall–Kier alpha value is -2.23. The summed E-state index contributed by atoms with van der Waals surface area (Å²) in [4.78, 5) is 7.00. The number of rotatable bonds is 2. The van der Waals surface area contributed by atoms with Crippen molar-refractivity contribution in [3.8, 4) is 0 Å². The van der Waals surface area contributed by atoms with E-state index in [4.69, 9.17) is 4.42 Å². The van der Waals surface area contributed by atoms with Crippen molar-refractivity contribution in [1.82, 2.24) is 4.98 Å². The first kappa shape index (κ1) is 14.4. The molecule has 0 spiro atoms. The summed E-state index contributed by atoms with van der Waals surface area (Å²) in [6, 6.07) is 8.57. The van der Waals surface area contributed by atoms with E-state index in [9.17, 15) is 0 Å². The third-order valence-corrected chi connectivity index (χ3v) is 5.11. The maximum Gasteiger partial charge on any atom is 0.227 e. The Morgan fingerprint density at radius 3 is 2.70 bits per heavy atom. The Kier molecular flexibility index (Phi) is 3.22. The normalized spacial score (nSPS) is 17.8. The number of anilines is 1. The van der Waals surface area contributed by atoms with Crippen LogP contribution in [0.3, 0.4) is 0 Å². The largest absolute Gasteiger partial charge is 0.435 e. The molecule has 0 N–H and O–H groups in total. The second-order valence-corrected chi connectivity index (χ2v) is 6.57. The number of fused-ring (bicyclic) bond motifs is 3. The number of hydrogen-bond acceptors (Lipinski definition) is 3. The van der Waals surface area contributed by atoms with E-state index < -0.39 is 0 Å². The Balaban J connectivity index is 2.00. The molecule has 1 aliphatic heterocycles. The van der Waals surface area contributed by atoms with Crippen LogP contribution >= 0.6 is 0 Å². The zero-order valence-electron chi connectivity index (χ0n) is 14.1. The summed E-state index contributed by atoms with van der Waals surface area (Å²) in [6.45, 7) is 9.32. The van der Waals surface area contributed by atoms with Gasteiger partial charge in [-0.25, -0.2) is 4.98 Å². The molecule has 0 radical (unpaired) electrons. The zero-order chi connectivity index (χ0) is 16.1. The summed E-state index contributed by atoms with van der Waals surface area (Å²) < 4.78 is 6.22. The Morgan fingerprint density at radius 1 is 1.22 bits per heavy atom. The van der Waals surface area contributed by atoms with E-state index in [2.05, 4.69) is 73.9 Å². The van der Waals surface area contributed by atoms with Crippen molar-refractivity contribution in [2.24, 2.45) is 0 Å². The van der Waals surface area contributed by atoms with Gasteiger partial charge in [-0.3, -0.25) is 0 Å². The summed E-state index contributed by atoms with van der Waals surface area (Å²) in [5, 5.41) is 2.25. The number of aromatic nitrogens is 1. The molecule has 3 heterocycles. The molecule has 116 valence electrons. The molecule has 0 aliphatic carbocycles. The molecule has 3 aromatic rings. The number of aryl methyl sites for hydroxylation is 2. The molecule has 1 aromatic carbocycles. The molecule has 0 amide bonds. The van der Waals surface area contributed by atoms with E-state index in [1.165, 1.54) is 11.3 Å². The molecule has 23 heavy (non-hydrogen) atoms. The SMILES string of the molecule is CCc1ccc2c(n1)oc1c(N3C=CB(C)[C@@H]3C)c(C)ccc12. The standard InChI is InChI=1S/C19H21BN2O/c1-5-14-7-9-16-15-8-6-12(2)17(18(15)23-19(16)21-14)22-11-10-20(4)13(22)3/h6-11,13H,5H2,1-4H3/t13-/m0/s1. The Bertz CT molecular complexity index is 928. The average molecular weight is 304 g/mol. The molecule has 0 saturated heterocycles. The smallest absolute Gasteiger partial charge is 0.227 e. The number of nitrogens with zero attached hydrogens (tertiary/aromatic N) is 2. The molecule has 3 nitrogen and oxygen atoms in total. The first-order valence-corrected chi connectivity index (χ1v) is 8.38. The number of benzene rings is 1.